The molecule has 0 saturated heterocycles. The molecule has 0 amide bonds. The van der Waals surface area contributed by atoms with Gasteiger partial charge >= 0.3 is 0 Å². The van der Waals surface area contributed by atoms with Gasteiger partial charge in [0, 0.05) is 23.0 Å². The SMILES string of the molecule is CC1(C)C(Cl)CC1Nc1ccncn1. The predicted octanol–water partition coefficient (Wildman–Crippen LogP) is 2.29. The third kappa shape index (κ3) is 1.57. The van der Waals surface area contributed by atoms with Crippen LogP contribution in [0.3, 0.4) is 0 Å². The summed E-state index contributed by atoms with van der Waals surface area (Å²) in [4.78, 5) is 8.00. The summed E-state index contributed by atoms with van der Waals surface area (Å²) in [6, 6.07) is 2.29. The van der Waals surface area contributed by atoms with Crippen LogP contribution < -0.4 is 5.32 Å². The third-order valence-corrected chi connectivity index (χ3v) is 3.79. The van der Waals surface area contributed by atoms with Gasteiger partial charge in [-0.3, -0.25) is 0 Å². The van der Waals surface area contributed by atoms with E-state index in [9.17, 15) is 0 Å². The Morgan fingerprint density at radius 3 is 2.86 bits per heavy atom. The fourth-order valence-corrected chi connectivity index (χ4v) is 2.00. The number of halogens is 1. The molecule has 4 heteroatoms. The normalized spacial score (nSPS) is 29.4. The zero-order valence-corrected chi connectivity index (χ0v) is 9.12. The molecule has 3 nitrogen and oxygen atoms in total. The maximum Gasteiger partial charge on any atom is 0.129 e. The van der Waals surface area contributed by atoms with Crippen molar-refractivity contribution in [1.82, 2.24) is 9.97 Å². The lowest BCUT2D eigenvalue weighted by atomic mass is 9.67. The summed E-state index contributed by atoms with van der Waals surface area (Å²) in [7, 11) is 0. The Morgan fingerprint density at radius 1 is 1.57 bits per heavy atom. The summed E-state index contributed by atoms with van der Waals surface area (Å²) in [6.07, 6.45) is 4.28. The van der Waals surface area contributed by atoms with Crippen LogP contribution in [0.15, 0.2) is 18.6 Å². The first-order chi connectivity index (χ1) is 6.60. The molecular weight excluding hydrogens is 198 g/mol. The van der Waals surface area contributed by atoms with Gasteiger partial charge in [0.1, 0.15) is 12.1 Å². The van der Waals surface area contributed by atoms with Gasteiger partial charge in [0.25, 0.3) is 0 Å². The molecule has 1 aromatic heterocycles. The van der Waals surface area contributed by atoms with E-state index in [2.05, 4.69) is 29.1 Å². The van der Waals surface area contributed by atoms with Crippen LogP contribution in [0.4, 0.5) is 5.82 Å². The zero-order chi connectivity index (χ0) is 10.2. The van der Waals surface area contributed by atoms with Gasteiger partial charge in [0.05, 0.1) is 0 Å². The fourth-order valence-electron chi connectivity index (χ4n) is 1.67. The third-order valence-electron chi connectivity index (χ3n) is 3.05. The summed E-state index contributed by atoms with van der Waals surface area (Å²) < 4.78 is 0. The van der Waals surface area contributed by atoms with Crippen molar-refractivity contribution < 1.29 is 0 Å². The summed E-state index contributed by atoms with van der Waals surface area (Å²) in [6.45, 7) is 4.35. The monoisotopic (exact) mass is 211 g/mol. The van der Waals surface area contributed by atoms with Crippen LogP contribution in [0.25, 0.3) is 0 Å². The average molecular weight is 212 g/mol. The Kier molecular flexibility index (Phi) is 2.35. The van der Waals surface area contributed by atoms with E-state index < -0.39 is 0 Å². The Bertz CT molecular complexity index is 312. The second-order valence-corrected chi connectivity index (χ2v) is 4.84. The quantitative estimate of drug-likeness (QED) is 0.763. The molecule has 1 N–H and O–H groups in total. The van der Waals surface area contributed by atoms with Crippen molar-refractivity contribution in [2.75, 3.05) is 5.32 Å². The molecule has 0 radical (unpaired) electrons. The Hall–Kier alpha value is -0.830. The van der Waals surface area contributed by atoms with E-state index in [1.54, 1.807) is 12.5 Å². The van der Waals surface area contributed by atoms with Crippen LogP contribution >= 0.6 is 11.6 Å². The topological polar surface area (TPSA) is 37.8 Å². The minimum atomic E-state index is 0.145. The van der Waals surface area contributed by atoms with Crippen LogP contribution in [-0.2, 0) is 0 Å². The first-order valence-electron chi connectivity index (χ1n) is 4.77. The second-order valence-electron chi connectivity index (χ2n) is 4.32. The lowest BCUT2D eigenvalue weighted by Crippen LogP contribution is -2.54. The molecule has 1 aromatic rings. The van der Waals surface area contributed by atoms with Crippen molar-refractivity contribution in [2.45, 2.75) is 31.7 Å². The van der Waals surface area contributed by atoms with Gasteiger partial charge < -0.3 is 5.32 Å². The standard InChI is InChI=1S/C10H14ClN3/c1-10(2)7(11)5-8(10)14-9-3-4-12-6-13-9/h3-4,6-8H,5H2,1-2H3,(H,12,13,14). The van der Waals surface area contributed by atoms with Crippen molar-refractivity contribution in [3.8, 4) is 0 Å². The maximum atomic E-state index is 6.13. The summed E-state index contributed by atoms with van der Waals surface area (Å²) in [5.74, 6) is 0.877. The number of rotatable bonds is 2. The zero-order valence-electron chi connectivity index (χ0n) is 8.37. The molecule has 76 valence electrons. The van der Waals surface area contributed by atoms with E-state index in [0.717, 1.165) is 12.2 Å². The molecule has 2 unspecified atom stereocenters. The van der Waals surface area contributed by atoms with E-state index in [0.29, 0.717) is 6.04 Å². The number of hydrogen-bond acceptors (Lipinski definition) is 3. The molecule has 1 saturated carbocycles. The maximum absolute atomic E-state index is 6.13. The van der Waals surface area contributed by atoms with Crippen LogP contribution in [-0.4, -0.2) is 21.4 Å². The van der Waals surface area contributed by atoms with Gasteiger partial charge in [0.15, 0.2) is 0 Å². The molecular formula is C10H14ClN3. The molecule has 0 bridgehead atoms. The highest BCUT2D eigenvalue weighted by atomic mass is 35.5. The summed E-state index contributed by atoms with van der Waals surface area (Å²) >= 11 is 6.13. The molecule has 0 aliphatic heterocycles. The Labute approximate surface area is 88.9 Å². The number of anilines is 1. The largest absolute Gasteiger partial charge is 0.367 e. The average Bonchev–Trinajstić information content (AvgIpc) is 2.19. The molecule has 0 aromatic carbocycles. The van der Waals surface area contributed by atoms with Crippen molar-refractivity contribution >= 4 is 17.4 Å². The van der Waals surface area contributed by atoms with Crippen molar-refractivity contribution in [1.29, 1.82) is 0 Å². The van der Waals surface area contributed by atoms with Crippen molar-refractivity contribution in [3.05, 3.63) is 18.6 Å². The van der Waals surface area contributed by atoms with Crippen molar-refractivity contribution in [3.63, 3.8) is 0 Å². The molecule has 2 rings (SSSR count). The number of nitrogens with zero attached hydrogens (tertiary/aromatic N) is 2. The number of alkyl halides is 1. The van der Waals surface area contributed by atoms with E-state index in [4.69, 9.17) is 11.6 Å². The molecule has 0 spiro atoms. The second kappa shape index (κ2) is 3.39. The first kappa shape index (κ1) is 9.71. The highest BCUT2D eigenvalue weighted by Crippen LogP contribution is 2.45. The van der Waals surface area contributed by atoms with Crippen molar-refractivity contribution in [2.24, 2.45) is 5.41 Å². The van der Waals surface area contributed by atoms with Gasteiger partial charge in [-0.05, 0) is 12.5 Å². The predicted molar refractivity (Wildman–Crippen MR) is 57.5 cm³/mol. The van der Waals surface area contributed by atoms with Gasteiger partial charge in [-0.2, -0.15) is 0 Å². The fraction of sp³-hybridized carbons (Fsp3) is 0.600. The lowest BCUT2D eigenvalue weighted by molar-refractivity contribution is 0.168. The molecule has 14 heavy (non-hydrogen) atoms. The number of aromatic nitrogens is 2. The first-order valence-corrected chi connectivity index (χ1v) is 5.21. The number of hydrogen-bond donors (Lipinski definition) is 1. The number of nitrogens with one attached hydrogen (secondary N) is 1. The Morgan fingerprint density at radius 2 is 2.36 bits per heavy atom. The van der Waals surface area contributed by atoms with E-state index in [1.807, 2.05) is 6.07 Å². The van der Waals surface area contributed by atoms with E-state index in [1.165, 1.54) is 0 Å². The Balaban J connectivity index is 2.01. The van der Waals surface area contributed by atoms with Crippen LogP contribution in [0.5, 0.6) is 0 Å². The smallest absolute Gasteiger partial charge is 0.129 e. The van der Waals surface area contributed by atoms with Gasteiger partial charge in [-0.1, -0.05) is 13.8 Å². The molecule has 1 aliphatic carbocycles. The molecule has 1 fully saturated rings. The summed E-state index contributed by atoms with van der Waals surface area (Å²) in [5, 5.41) is 3.63. The van der Waals surface area contributed by atoms with E-state index >= 15 is 0 Å². The minimum Gasteiger partial charge on any atom is -0.367 e. The highest BCUT2D eigenvalue weighted by Gasteiger charge is 2.47. The van der Waals surface area contributed by atoms with Crippen LogP contribution in [0.1, 0.15) is 20.3 Å². The van der Waals surface area contributed by atoms with Gasteiger partial charge in [-0.25, -0.2) is 9.97 Å². The minimum absolute atomic E-state index is 0.145. The van der Waals surface area contributed by atoms with E-state index in [-0.39, 0.29) is 10.8 Å². The van der Waals surface area contributed by atoms with Gasteiger partial charge in [-0.15, -0.1) is 11.6 Å². The lowest BCUT2D eigenvalue weighted by Gasteiger charge is -2.49. The molecule has 2 atom stereocenters. The highest BCUT2D eigenvalue weighted by molar-refractivity contribution is 6.21. The van der Waals surface area contributed by atoms with Crippen LogP contribution in [0, 0.1) is 5.41 Å². The summed E-state index contributed by atoms with van der Waals surface area (Å²) in [5.41, 5.74) is 0.145. The van der Waals surface area contributed by atoms with Crippen LogP contribution in [0.2, 0.25) is 0 Å². The molecule has 1 aliphatic rings. The molecule has 1 heterocycles. The van der Waals surface area contributed by atoms with Gasteiger partial charge in [0.2, 0.25) is 0 Å².